The Morgan fingerprint density at radius 2 is 1.75 bits per heavy atom. The van der Waals surface area contributed by atoms with Gasteiger partial charge in [-0.3, -0.25) is 0 Å². The molecule has 0 aliphatic rings. The van der Waals surface area contributed by atoms with Gasteiger partial charge in [-0.1, -0.05) is 41.4 Å². The van der Waals surface area contributed by atoms with Gasteiger partial charge in [0.25, 0.3) is 0 Å². The number of halogens is 2. The minimum absolute atomic E-state index is 0.404. The molecule has 24 heavy (non-hydrogen) atoms. The van der Waals surface area contributed by atoms with Crippen molar-refractivity contribution < 1.29 is 0 Å². The maximum atomic E-state index is 6.02. The molecule has 0 atom stereocenters. The number of aromatic nitrogens is 3. The molecule has 7 heteroatoms. The molecule has 0 saturated heterocycles. The van der Waals surface area contributed by atoms with Crippen molar-refractivity contribution in [3.8, 4) is 0 Å². The van der Waals surface area contributed by atoms with Crippen LogP contribution in [0.1, 0.15) is 11.1 Å². The smallest absolute Gasteiger partial charge is 0.249 e. The van der Waals surface area contributed by atoms with Crippen LogP contribution in [0.25, 0.3) is 0 Å². The molecule has 0 aliphatic heterocycles. The summed E-state index contributed by atoms with van der Waals surface area (Å²) in [7, 11) is 0. The summed E-state index contributed by atoms with van der Waals surface area (Å²) in [5.74, 6) is 1.03. The van der Waals surface area contributed by atoms with Crippen molar-refractivity contribution in [1.29, 1.82) is 0 Å². The second-order valence-corrected chi connectivity index (χ2v) is 6.10. The largest absolute Gasteiger partial charge is 0.365 e. The first-order chi connectivity index (χ1) is 11.6. The van der Waals surface area contributed by atoms with Crippen molar-refractivity contribution in [2.24, 2.45) is 0 Å². The standard InChI is InChI=1S/C17H15Cl2N5/c1-11-2-5-14(19)8-15(11)22-17-23-16(10-21-24-17)20-9-12-3-6-13(18)7-4-12/h2-8,10H,9H2,1H3,(H2,20,22,23,24). The lowest BCUT2D eigenvalue weighted by Crippen LogP contribution is -2.06. The van der Waals surface area contributed by atoms with E-state index in [0.29, 0.717) is 28.4 Å². The Kier molecular flexibility index (Phi) is 5.13. The van der Waals surface area contributed by atoms with E-state index >= 15 is 0 Å². The number of aryl methyl sites for hydroxylation is 1. The molecule has 0 fully saturated rings. The van der Waals surface area contributed by atoms with E-state index in [1.807, 2.05) is 49.4 Å². The molecule has 0 unspecified atom stereocenters. The van der Waals surface area contributed by atoms with Crippen LogP contribution in [0.5, 0.6) is 0 Å². The van der Waals surface area contributed by atoms with Crippen molar-refractivity contribution in [1.82, 2.24) is 15.2 Å². The Morgan fingerprint density at radius 3 is 2.54 bits per heavy atom. The third-order valence-corrected chi connectivity index (χ3v) is 3.88. The molecule has 3 rings (SSSR count). The first kappa shape index (κ1) is 16.5. The number of rotatable bonds is 5. The lowest BCUT2D eigenvalue weighted by molar-refractivity contribution is 0.965. The maximum absolute atomic E-state index is 6.02. The maximum Gasteiger partial charge on any atom is 0.249 e. The second-order valence-electron chi connectivity index (χ2n) is 5.23. The van der Waals surface area contributed by atoms with Crippen LogP contribution in [0.4, 0.5) is 17.5 Å². The van der Waals surface area contributed by atoms with E-state index in [0.717, 1.165) is 16.8 Å². The summed E-state index contributed by atoms with van der Waals surface area (Å²) in [5.41, 5.74) is 2.99. The molecule has 2 N–H and O–H groups in total. The summed E-state index contributed by atoms with van der Waals surface area (Å²) in [6.45, 7) is 2.60. The number of hydrogen-bond acceptors (Lipinski definition) is 5. The lowest BCUT2D eigenvalue weighted by Gasteiger charge is -2.10. The van der Waals surface area contributed by atoms with Crippen molar-refractivity contribution in [3.05, 3.63) is 69.8 Å². The molecule has 122 valence electrons. The lowest BCUT2D eigenvalue weighted by atomic mass is 10.2. The van der Waals surface area contributed by atoms with Gasteiger partial charge in [0.1, 0.15) is 0 Å². The SMILES string of the molecule is Cc1ccc(Cl)cc1Nc1nncc(NCc2ccc(Cl)cc2)n1. The van der Waals surface area contributed by atoms with Gasteiger partial charge < -0.3 is 10.6 Å². The van der Waals surface area contributed by atoms with Gasteiger partial charge in [-0.15, -0.1) is 5.10 Å². The average Bonchev–Trinajstić information content (AvgIpc) is 2.58. The molecular formula is C17H15Cl2N5. The van der Waals surface area contributed by atoms with Gasteiger partial charge in [0.15, 0.2) is 5.82 Å². The summed E-state index contributed by atoms with van der Waals surface area (Å²) in [5, 5.41) is 15.7. The van der Waals surface area contributed by atoms with Crippen LogP contribution in [0.3, 0.4) is 0 Å². The van der Waals surface area contributed by atoms with E-state index in [9.17, 15) is 0 Å². The van der Waals surface area contributed by atoms with Crippen LogP contribution in [-0.2, 0) is 6.54 Å². The van der Waals surface area contributed by atoms with Gasteiger partial charge >= 0.3 is 0 Å². The number of hydrogen-bond donors (Lipinski definition) is 2. The van der Waals surface area contributed by atoms with E-state index < -0.39 is 0 Å². The molecule has 1 aromatic heterocycles. The third kappa shape index (κ3) is 4.34. The topological polar surface area (TPSA) is 62.7 Å². The summed E-state index contributed by atoms with van der Waals surface area (Å²) >= 11 is 11.9. The molecule has 1 heterocycles. The van der Waals surface area contributed by atoms with Crippen LogP contribution in [-0.4, -0.2) is 15.2 Å². The molecule has 0 bridgehead atoms. The Balaban J connectivity index is 1.69. The molecule has 0 radical (unpaired) electrons. The van der Waals surface area contributed by atoms with E-state index in [1.54, 1.807) is 6.20 Å². The number of benzene rings is 2. The minimum atomic E-state index is 0.404. The van der Waals surface area contributed by atoms with Crippen LogP contribution in [0, 0.1) is 6.92 Å². The fourth-order valence-corrected chi connectivity index (χ4v) is 2.38. The summed E-state index contributed by atoms with van der Waals surface area (Å²) in [6, 6.07) is 13.2. The Bertz CT molecular complexity index is 837. The predicted octanol–water partition coefficient (Wildman–Crippen LogP) is 4.84. The van der Waals surface area contributed by atoms with Gasteiger partial charge in [0.2, 0.25) is 5.95 Å². The number of nitrogens with one attached hydrogen (secondary N) is 2. The van der Waals surface area contributed by atoms with Gasteiger partial charge in [0.05, 0.1) is 6.20 Å². The van der Waals surface area contributed by atoms with Crippen molar-refractivity contribution in [2.75, 3.05) is 10.6 Å². The third-order valence-electron chi connectivity index (χ3n) is 3.39. The normalized spacial score (nSPS) is 10.5. The quantitative estimate of drug-likeness (QED) is 0.682. The van der Waals surface area contributed by atoms with Crippen LogP contribution >= 0.6 is 23.2 Å². The molecule has 2 aromatic carbocycles. The molecule has 5 nitrogen and oxygen atoms in total. The summed E-state index contributed by atoms with van der Waals surface area (Å²) in [4.78, 5) is 4.41. The van der Waals surface area contributed by atoms with Gasteiger partial charge in [-0.2, -0.15) is 10.1 Å². The highest BCUT2D eigenvalue weighted by Crippen LogP contribution is 2.22. The fourth-order valence-electron chi connectivity index (χ4n) is 2.09. The highest BCUT2D eigenvalue weighted by atomic mass is 35.5. The van der Waals surface area contributed by atoms with Crippen LogP contribution in [0.2, 0.25) is 10.0 Å². The first-order valence-corrected chi connectivity index (χ1v) is 8.07. The second kappa shape index (κ2) is 7.47. The Morgan fingerprint density at radius 1 is 1.00 bits per heavy atom. The molecule has 0 saturated carbocycles. The molecular weight excluding hydrogens is 345 g/mol. The molecule has 3 aromatic rings. The monoisotopic (exact) mass is 359 g/mol. The molecule has 0 spiro atoms. The van der Waals surface area contributed by atoms with Crippen molar-refractivity contribution in [3.63, 3.8) is 0 Å². The van der Waals surface area contributed by atoms with E-state index in [4.69, 9.17) is 23.2 Å². The summed E-state index contributed by atoms with van der Waals surface area (Å²) in [6.07, 6.45) is 1.58. The zero-order valence-electron chi connectivity index (χ0n) is 12.9. The van der Waals surface area contributed by atoms with Gasteiger partial charge in [-0.05, 0) is 42.3 Å². The average molecular weight is 360 g/mol. The molecule has 0 aliphatic carbocycles. The Hall–Kier alpha value is -2.37. The zero-order valence-corrected chi connectivity index (χ0v) is 14.4. The molecule has 0 amide bonds. The van der Waals surface area contributed by atoms with Crippen LogP contribution < -0.4 is 10.6 Å². The number of anilines is 3. The summed E-state index contributed by atoms with van der Waals surface area (Å²) < 4.78 is 0. The van der Waals surface area contributed by atoms with E-state index in [2.05, 4.69) is 25.8 Å². The number of nitrogens with zero attached hydrogens (tertiary/aromatic N) is 3. The van der Waals surface area contributed by atoms with E-state index in [-0.39, 0.29) is 0 Å². The minimum Gasteiger partial charge on any atom is -0.365 e. The first-order valence-electron chi connectivity index (χ1n) is 7.31. The highest BCUT2D eigenvalue weighted by Gasteiger charge is 2.04. The predicted molar refractivity (Wildman–Crippen MR) is 98.1 cm³/mol. The van der Waals surface area contributed by atoms with Crippen LogP contribution in [0.15, 0.2) is 48.7 Å². The van der Waals surface area contributed by atoms with Gasteiger partial charge in [-0.25, -0.2) is 0 Å². The highest BCUT2D eigenvalue weighted by molar-refractivity contribution is 6.31. The Labute approximate surface area is 150 Å². The van der Waals surface area contributed by atoms with E-state index in [1.165, 1.54) is 0 Å². The zero-order chi connectivity index (χ0) is 16.9. The van der Waals surface area contributed by atoms with Crippen molar-refractivity contribution in [2.45, 2.75) is 13.5 Å². The van der Waals surface area contributed by atoms with Crippen molar-refractivity contribution >= 4 is 40.7 Å². The fraction of sp³-hybridized carbons (Fsp3) is 0.118. The van der Waals surface area contributed by atoms with Gasteiger partial charge in [0, 0.05) is 22.3 Å².